The molecule has 1 N–H and O–H groups in total. The number of pyridine rings is 1. The first-order chi connectivity index (χ1) is 8.42. The van der Waals surface area contributed by atoms with E-state index in [-0.39, 0.29) is 0 Å². The number of hydrogen-bond donors (Lipinski definition) is 1. The molecular formula is C12H12N4S. The normalized spacial score (nSPS) is 11.1. The van der Waals surface area contributed by atoms with Crippen LogP contribution >= 0.6 is 11.3 Å². The van der Waals surface area contributed by atoms with Crippen molar-refractivity contribution in [3.63, 3.8) is 0 Å². The Bertz CT molecular complexity index is 571. The summed E-state index contributed by atoms with van der Waals surface area (Å²) in [4.78, 5) is 9.55. The second kappa shape index (κ2) is 4.65. The van der Waals surface area contributed by atoms with Crippen LogP contribution in [0.1, 0.15) is 11.3 Å². The van der Waals surface area contributed by atoms with Crippen LogP contribution in [0.5, 0.6) is 0 Å². The van der Waals surface area contributed by atoms with Gasteiger partial charge in [0.15, 0.2) is 4.96 Å². The van der Waals surface area contributed by atoms with Crippen molar-refractivity contribution in [3.8, 4) is 0 Å². The van der Waals surface area contributed by atoms with Gasteiger partial charge in [0.05, 0.1) is 5.69 Å². The summed E-state index contributed by atoms with van der Waals surface area (Å²) in [5, 5.41) is 5.41. The lowest BCUT2D eigenvalue weighted by Gasteiger charge is -2.01. The number of rotatable bonds is 4. The molecule has 0 aromatic carbocycles. The largest absolute Gasteiger partial charge is 0.307 e. The lowest BCUT2D eigenvalue weighted by Crippen LogP contribution is -2.12. The van der Waals surface area contributed by atoms with Gasteiger partial charge in [0.25, 0.3) is 0 Å². The molecular weight excluding hydrogens is 232 g/mol. The molecule has 0 atom stereocenters. The summed E-state index contributed by atoms with van der Waals surface area (Å²) in [6.07, 6.45) is 7.71. The molecule has 0 saturated carbocycles. The SMILES string of the molecule is c1cc(CNCc2cn3ccsc3n2)ccn1. The minimum Gasteiger partial charge on any atom is -0.307 e. The minimum absolute atomic E-state index is 0.788. The van der Waals surface area contributed by atoms with Crippen molar-refractivity contribution in [1.82, 2.24) is 19.7 Å². The average molecular weight is 244 g/mol. The average Bonchev–Trinajstić information content (AvgIpc) is 2.91. The summed E-state index contributed by atoms with van der Waals surface area (Å²) in [6, 6.07) is 4.03. The van der Waals surface area contributed by atoms with Crippen molar-refractivity contribution in [2.45, 2.75) is 13.1 Å². The molecule has 3 aromatic rings. The van der Waals surface area contributed by atoms with Gasteiger partial charge in [-0.05, 0) is 17.7 Å². The molecule has 0 amide bonds. The summed E-state index contributed by atoms with van der Waals surface area (Å²) in [6.45, 7) is 1.63. The van der Waals surface area contributed by atoms with Gasteiger partial charge < -0.3 is 5.32 Å². The van der Waals surface area contributed by atoms with Crippen LogP contribution in [0.4, 0.5) is 0 Å². The zero-order valence-corrected chi connectivity index (χ0v) is 10.0. The fourth-order valence-electron chi connectivity index (χ4n) is 1.70. The maximum atomic E-state index is 4.51. The van der Waals surface area contributed by atoms with Crippen molar-refractivity contribution in [2.24, 2.45) is 0 Å². The van der Waals surface area contributed by atoms with E-state index in [1.165, 1.54) is 5.56 Å². The van der Waals surface area contributed by atoms with E-state index in [2.05, 4.69) is 21.5 Å². The van der Waals surface area contributed by atoms with Crippen LogP contribution in [-0.2, 0) is 13.1 Å². The predicted octanol–water partition coefficient (Wildman–Crippen LogP) is 2.08. The summed E-state index contributed by atoms with van der Waals surface area (Å²) in [5.41, 5.74) is 2.31. The second-order valence-electron chi connectivity index (χ2n) is 3.78. The zero-order chi connectivity index (χ0) is 11.5. The van der Waals surface area contributed by atoms with Gasteiger partial charge >= 0.3 is 0 Å². The summed E-state index contributed by atoms with van der Waals surface area (Å²) >= 11 is 1.65. The molecule has 3 heterocycles. The molecule has 0 aliphatic carbocycles. The molecule has 4 nitrogen and oxygen atoms in total. The minimum atomic E-state index is 0.788. The third kappa shape index (κ3) is 2.35. The molecule has 0 spiro atoms. The Morgan fingerprint density at radius 3 is 2.94 bits per heavy atom. The smallest absolute Gasteiger partial charge is 0.193 e. The maximum absolute atomic E-state index is 4.51. The number of imidazole rings is 1. The highest BCUT2D eigenvalue weighted by Gasteiger charge is 2.01. The molecule has 3 aromatic heterocycles. The lowest BCUT2D eigenvalue weighted by atomic mass is 10.3. The summed E-state index contributed by atoms with van der Waals surface area (Å²) in [5.74, 6) is 0. The molecule has 5 heteroatoms. The van der Waals surface area contributed by atoms with Gasteiger partial charge in [-0.2, -0.15) is 0 Å². The number of fused-ring (bicyclic) bond motifs is 1. The van der Waals surface area contributed by atoms with Gasteiger partial charge in [0, 0.05) is 43.3 Å². The van der Waals surface area contributed by atoms with Gasteiger partial charge in [0.2, 0.25) is 0 Å². The van der Waals surface area contributed by atoms with E-state index in [1.807, 2.05) is 40.5 Å². The van der Waals surface area contributed by atoms with Gasteiger partial charge in [-0.25, -0.2) is 4.98 Å². The Hall–Kier alpha value is -1.72. The highest BCUT2D eigenvalue weighted by molar-refractivity contribution is 7.15. The topological polar surface area (TPSA) is 42.2 Å². The first kappa shape index (κ1) is 10.4. The fraction of sp³-hybridized carbons (Fsp3) is 0.167. The van der Waals surface area contributed by atoms with Crippen molar-refractivity contribution in [1.29, 1.82) is 0 Å². The van der Waals surface area contributed by atoms with E-state index in [0.29, 0.717) is 0 Å². The molecule has 3 rings (SSSR count). The van der Waals surface area contributed by atoms with Gasteiger partial charge in [0.1, 0.15) is 0 Å². The Morgan fingerprint density at radius 2 is 2.12 bits per heavy atom. The van der Waals surface area contributed by atoms with Crippen LogP contribution in [0.15, 0.2) is 42.3 Å². The van der Waals surface area contributed by atoms with E-state index >= 15 is 0 Å². The molecule has 0 unspecified atom stereocenters. The van der Waals surface area contributed by atoms with E-state index in [1.54, 1.807) is 11.3 Å². The van der Waals surface area contributed by atoms with E-state index < -0.39 is 0 Å². The van der Waals surface area contributed by atoms with Crippen molar-refractivity contribution in [2.75, 3.05) is 0 Å². The van der Waals surface area contributed by atoms with Crippen molar-refractivity contribution < 1.29 is 0 Å². The lowest BCUT2D eigenvalue weighted by molar-refractivity contribution is 0.682. The van der Waals surface area contributed by atoms with Gasteiger partial charge in [-0.3, -0.25) is 9.38 Å². The summed E-state index contributed by atoms with van der Waals surface area (Å²) in [7, 11) is 0. The van der Waals surface area contributed by atoms with E-state index in [0.717, 1.165) is 23.7 Å². The van der Waals surface area contributed by atoms with Crippen molar-refractivity contribution >= 4 is 16.3 Å². The molecule has 0 aliphatic heterocycles. The molecule has 0 radical (unpaired) electrons. The highest BCUT2D eigenvalue weighted by Crippen LogP contribution is 2.11. The molecule has 0 saturated heterocycles. The first-order valence-corrected chi connectivity index (χ1v) is 6.30. The van der Waals surface area contributed by atoms with Crippen molar-refractivity contribution in [3.05, 3.63) is 53.6 Å². The maximum Gasteiger partial charge on any atom is 0.193 e. The Morgan fingerprint density at radius 1 is 1.24 bits per heavy atom. The number of nitrogens with zero attached hydrogens (tertiary/aromatic N) is 3. The fourth-order valence-corrected chi connectivity index (χ4v) is 2.42. The van der Waals surface area contributed by atoms with Crippen LogP contribution < -0.4 is 5.32 Å². The van der Waals surface area contributed by atoms with Crippen LogP contribution in [0.25, 0.3) is 4.96 Å². The van der Waals surface area contributed by atoms with Gasteiger partial charge in [-0.15, -0.1) is 11.3 Å². The van der Waals surface area contributed by atoms with E-state index in [4.69, 9.17) is 0 Å². The monoisotopic (exact) mass is 244 g/mol. The predicted molar refractivity (Wildman–Crippen MR) is 67.8 cm³/mol. The standard InChI is InChI=1S/C12H12N4S/c1-3-13-4-2-10(1)7-14-8-11-9-16-5-6-17-12(16)15-11/h1-6,9,14H,7-8H2. The Kier molecular flexibility index (Phi) is 2.85. The zero-order valence-electron chi connectivity index (χ0n) is 9.21. The Labute approximate surface area is 103 Å². The number of hydrogen-bond acceptors (Lipinski definition) is 4. The number of aromatic nitrogens is 3. The van der Waals surface area contributed by atoms with Crippen LogP contribution in [0, 0.1) is 0 Å². The summed E-state index contributed by atoms with van der Waals surface area (Å²) < 4.78 is 2.05. The van der Waals surface area contributed by atoms with Crippen LogP contribution in [0.3, 0.4) is 0 Å². The quantitative estimate of drug-likeness (QED) is 0.764. The highest BCUT2D eigenvalue weighted by atomic mass is 32.1. The van der Waals surface area contributed by atoms with Crippen LogP contribution in [0.2, 0.25) is 0 Å². The third-order valence-electron chi connectivity index (χ3n) is 2.53. The molecule has 0 fully saturated rings. The number of nitrogens with one attached hydrogen (secondary N) is 1. The second-order valence-corrected chi connectivity index (χ2v) is 4.66. The Balaban J connectivity index is 1.59. The van der Waals surface area contributed by atoms with Gasteiger partial charge in [-0.1, -0.05) is 0 Å². The molecule has 86 valence electrons. The first-order valence-electron chi connectivity index (χ1n) is 5.42. The van der Waals surface area contributed by atoms with Crippen LogP contribution in [-0.4, -0.2) is 14.4 Å². The molecule has 17 heavy (non-hydrogen) atoms. The molecule has 0 bridgehead atoms. The van der Waals surface area contributed by atoms with E-state index in [9.17, 15) is 0 Å². The molecule has 0 aliphatic rings. The number of thiazole rings is 1. The third-order valence-corrected chi connectivity index (χ3v) is 3.30.